The highest BCUT2D eigenvalue weighted by atomic mass is 16.7. The number of nitrogens with two attached hydrogens (primary N) is 1. The molecule has 0 saturated heterocycles. The van der Waals surface area contributed by atoms with Crippen LogP contribution in [0.2, 0.25) is 0 Å². The van der Waals surface area contributed by atoms with Gasteiger partial charge in [0.2, 0.25) is 0 Å². The third kappa shape index (κ3) is 13.7. The van der Waals surface area contributed by atoms with Gasteiger partial charge in [-0.3, -0.25) is 4.79 Å². The largest absolute Gasteiger partial charge is 0.513 e. The molecule has 0 amide bonds. The molecular weight excluding hydrogens is 502 g/mol. The smallest absolute Gasteiger partial charge is 0.461 e. The Kier molecular flexibility index (Phi) is 16.0. The SMILES string of the molecule is CCCCCOC(=O)O[C@@H](C)COC(=O)[C@@H](N)Cc1ccc(OC(=O)OCCC)c(OC(=O)OCCC)c1. The fraction of sp³-hybridized carbons (Fsp3) is 0.615. The number of carbonyl (C=O) groups excluding carboxylic acids is 4. The zero-order chi connectivity index (χ0) is 28.3. The van der Waals surface area contributed by atoms with E-state index in [1.165, 1.54) is 12.1 Å². The zero-order valence-corrected chi connectivity index (χ0v) is 22.5. The Bertz CT molecular complexity index is 890. The van der Waals surface area contributed by atoms with Crippen molar-refractivity contribution in [2.24, 2.45) is 5.73 Å². The van der Waals surface area contributed by atoms with Crippen molar-refractivity contribution < 1.29 is 52.3 Å². The molecule has 0 unspecified atom stereocenters. The number of unbranched alkanes of at least 4 members (excludes halogenated alkanes) is 2. The number of carbonyl (C=O) groups is 4. The van der Waals surface area contributed by atoms with Crippen LogP contribution in [-0.2, 0) is 34.9 Å². The van der Waals surface area contributed by atoms with Crippen molar-refractivity contribution in [3.05, 3.63) is 23.8 Å². The lowest BCUT2D eigenvalue weighted by molar-refractivity contribution is -0.148. The first-order valence-electron chi connectivity index (χ1n) is 12.8. The molecule has 0 aromatic heterocycles. The number of rotatable bonds is 16. The van der Waals surface area contributed by atoms with Gasteiger partial charge in [-0.15, -0.1) is 0 Å². The van der Waals surface area contributed by atoms with E-state index in [4.69, 9.17) is 38.9 Å². The first-order chi connectivity index (χ1) is 18.2. The summed E-state index contributed by atoms with van der Waals surface area (Å²) in [6.45, 7) is 7.59. The molecule has 214 valence electrons. The molecule has 1 rings (SSSR count). The summed E-state index contributed by atoms with van der Waals surface area (Å²) in [6, 6.07) is 3.23. The van der Waals surface area contributed by atoms with Crippen LogP contribution >= 0.6 is 0 Å². The number of esters is 1. The Morgan fingerprint density at radius 1 is 0.763 bits per heavy atom. The van der Waals surface area contributed by atoms with Gasteiger partial charge in [0.25, 0.3) is 0 Å². The van der Waals surface area contributed by atoms with Crippen molar-refractivity contribution in [1.82, 2.24) is 0 Å². The van der Waals surface area contributed by atoms with Gasteiger partial charge >= 0.3 is 24.4 Å². The average molecular weight is 542 g/mol. The van der Waals surface area contributed by atoms with E-state index < -0.39 is 36.6 Å². The third-order valence-corrected chi connectivity index (χ3v) is 4.73. The predicted molar refractivity (Wildman–Crippen MR) is 135 cm³/mol. The summed E-state index contributed by atoms with van der Waals surface area (Å²) >= 11 is 0. The normalized spacial score (nSPS) is 12.0. The Hall–Kier alpha value is -3.54. The Labute approximate surface area is 223 Å². The summed E-state index contributed by atoms with van der Waals surface area (Å²) in [6.07, 6.45) is 0.354. The minimum atomic E-state index is -1.08. The zero-order valence-electron chi connectivity index (χ0n) is 22.5. The van der Waals surface area contributed by atoms with Crippen molar-refractivity contribution in [2.45, 2.75) is 78.4 Å². The first kappa shape index (κ1) is 32.5. The number of hydrogen-bond acceptors (Lipinski definition) is 12. The van der Waals surface area contributed by atoms with E-state index in [9.17, 15) is 19.2 Å². The van der Waals surface area contributed by atoms with E-state index in [-0.39, 0.29) is 44.3 Å². The highest BCUT2D eigenvalue weighted by Crippen LogP contribution is 2.30. The lowest BCUT2D eigenvalue weighted by Gasteiger charge is -2.16. The number of benzene rings is 1. The standard InChI is InChI=1S/C26H39NO11/c1-5-8-9-14-34-24(29)36-18(4)17-35-23(28)20(27)15-19-10-11-21(37-25(30)32-12-6-2)22(16-19)38-26(31)33-13-7-3/h10-11,16,18,20H,5-9,12-15,17,27H2,1-4H3/t18-,20-/m0/s1. The summed E-state index contributed by atoms with van der Waals surface area (Å²) in [4.78, 5) is 47.9. The van der Waals surface area contributed by atoms with Crippen LogP contribution in [0, 0.1) is 0 Å². The molecule has 0 aliphatic heterocycles. The molecule has 12 nitrogen and oxygen atoms in total. The molecule has 38 heavy (non-hydrogen) atoms. The van der Waals surface area contributed by atoms with Crippen LogP contribution in [0.5, 0.6) is 11.5 Å². The van der Waals surface area contributed by atoms with E-state index in [2.05, 4.69) is 0 Å². The highest BCUT2D eigenvalue weighted by Gasteiger charge is 2.21. The van der Waals surface area contributed by atoms with Gasteiger partial charge in [0.15, 0.2) is 11.5 Å². The van der Waals surface area contributed by atoms with Gasteiger partial charge in [-0.2, -0.15) is 0 Å². The average Bonchev–Trinajstić information content (AvgIpc) is 2.88. The Balaban J connectivity index is 2.71. The second kappa shape index (κ2) is 18.7. The van der Waals surface area contributed by atoms with Crippen LogP contribution in [0.4, 0.5) is 14.4 Å². The monoisotopic (exact) mass is 541 g/mol. The van der Waals surface area contributed by atoms with E-state index in [1.54, 1.807) is 13.0 Å². The minimum absolute atomic E-state index is 0.00840. The first-order valence-corrected chi connectivity index (χ1v) is 12.8. The minimum Gasteiger partial charge on any atom is -0.461 e. The van der Waals surface area contributed by atoms with Crippen LogP contribution in [0.1, 0.15) is 65.4 Å². The summed E-state index contributed by atoms with van der Waals surface area (Å²) in [5.41, 5.74) is 6.46. The van der Waals surface area contributed by atoms with E-state index in [0.29, 0.717) is 18.4 Å². The molecule has 0 aliphatic carbocycles. The molecule has 0 spiro atoms. The Morgan fingerprint density at radius 3 is 1.97 bits per heavy atom. The Morgan fingerprint density at radius 2 is 1.37 bits per heavy atom. The fourth-order valence-corrected chi connectivity index (χ4v) is 2.84. The van der Waals surface area contributed by atoms with Crippen LogP contribution in [0.15, 0.2) is 18.2 Å². The van der Waals surface area contributed by atoms with E-state index in [0.717, 1.165) is 19.3 Å². The fourth-order valence-electron chi connectivity index (χ4n) is 2.84. The lowest BCUT2D eigenvalue weighted by atomic mass is 10.1. The van der Waals surface area contributed by atoms with Crippen molar-refractivity contribution >= 4 is 24.4 Å². The third-order valence-electron chi connectivity index (χ3n) is 4.73. The second-order valence-electron chi connectivity index (χ2n) is 8.36. The maximum Gasteiger partial charge on any atom is 0.513 e. The van der Waals surface area contributed by atoms with E-state index >= 15 is 0 Å². The molecule has 0 heterocycles. The molecule has 2 N–H and O–H groups in total. The molecule has 0 aliphatic rings. The van der Waals surface area contributed by atoms with E-state index in [1.807, 2.05) is 20.8 Å². The number of ether oxygens (including phenoxy) is 7. The molecule has 0 fully saturated rings. The predicted octanol–water partition coefficient (Wildman–Crippen LogP) is 4.68. The molecule has 1 aromatic carbocycles. The molecule has 0 radical (unpaired) electrons. The number of hydrogen-bond donors (Lipinski definition) is 1. The van der Waals surface area contributed by atoms with Crippen molar-refractivity contribution in [1.29, 1.82) is 0 Å². The van der Waals surface area contributed by atoms with Crippen LogP contribution < -0.4 is 15.2 Å². The van der Waals surface area contributed by atoms with Gasteiger partial charge in [0.1, 0.15) is 18.8 Å². The summed E-state index contributed by atoms with van der Waals surface area (Å²) in [7, 11) is 0. The lowest BCUT2D eigenvalue weighted by Crippen LogP contribution is -2.36. The van der Waals surface area contributed by atoms with Crippen LogP contribution in [0.25, 0.3) is 0 Å². The van der Waals surface area contributed by atoms with Gasteiger partial charge < -0.3 is 38.9 Å². The van der Waals surface area contributed by atoms with Gasteiger partial charge in [0, 0.05) is 0 Å². The van der Waals surface area contributed by atoms with Crippen molar-refractivity contribution in [3.63, 3.8) is 0 Å². The quantitative estimate of drug-likeness (QED) is 0.133. The summed E-state index contributed by atoms with van der Waals surface area (Å²) < 4.78 is 35.3. The van der Waals surface area contributed by atoms with Gasteiger partial charge in [-0.1, -0.05) is 39.7 Å². The molecule has 0 saturated carbocycles. The second-order valence-corrected chi connectivity index (χ2v) is 8.36. The van der Waals surface area contributed by atoms with Crippen LogP contribution in [0.3, 0.4) is 0 Å². The summed E-state index contributed by atoms with van der Waals surface area (Å²) in [5.74, 6) is -0.922. The van der Waals surface area contributed by atoms with Gasteiger partial charge in [-0.05, 0) is 50.3 Å². The molecule has 0 bridgehead atoms. The maximum atomic E-state index is 12.4. The van der Waals surface area contributed by atoms with Crippen molar-refractivity contribution in [2.75, 3.05) is 26.4 Å². The van der Waals surface area contributed by atoms with Crippen molar-refractivity contribution in [3.8, 4) is 11.5 Å². The summed E-state index contributed by atoms with van der Waals surface area (Å²) in [5, 5.41) is 0. The van der Waals surface area contributed by atoms with Gasteiger partial charge in [0.05, 0.1) is 19.8 Å². The van der Waals surface area contributed by atoms with Gasteiger partial charge in [-0.25, -0.2) is 14.4 Å². The van der Waals surface area contributed by atoms with Crippen LogP contribution in [-0.4, -0.2) is 63.0 Å². The molecular formula is C26H39NO11. The highest BCUT2D eigenvalue weighted by molar-refractivity contribution is 5.76. The maximum absolute atomic E-state index is 12.4. The molecule has 2 atom stereocenters. The molecule has 12 heteroatoms. The topological polar surface area (TPSA) is 159 Å². The molecule has 1 aromatic rings.